The monoisotopic (exact) mass is 289 g/mol. The molecule has 3 N–H and O–H groups in total. The molecule has 0 radical (unpaired) electrons. The van der Waals surface area contributed by atoms with Gasteiger partial charge in [0.25, 0.3) is 0 Å². The van der Waals surface area contributed by atoms with Crippen molar-refractivity contribution >= 4 is 5.91 Å². The summed E-state index contributed by atoms with van der Waals surface area (Å²) in [6.07, 6.45) is 2.59. The Morgan fingerprint density at radius 1 is 1.38 bits per heavy atom. The predicted octanol–water partition coefficient (Wildman–Crippen LogP) is 2.40. The van der Waals surface area contributed by atoms with Gasteiger partial charge in [0.15, 0.2) is 0 Å². The van der Waals surface area contributed by atoms with E-state index < -0.39 is 0 Å². The quantitative estimate of drug-likeness (QED) is 0.508. The number of hydrazine groups is 1. The number of piperidine rings is 1. The SMILES string of the molecule is CC(C(=O)NN)c1ccc(CN2CCCC(C)(C)C2)cc1. The van der Waals surface area contributed by atoms with Crippen molar-refractivity contribution in [2.75, 3.05) is 13.1 Å². The first-order valence-corrected chi connectivity index (χ1v) is 7.73. The molecule has 4 nitrogen and oxygen atoms in total. The molecule has 21 heavy (non-hydrogen) atoms. The molecule has 1 aliphatic rings. The van der Waals surface area contributed by atoms with Gasteiger partial charge < -0.3 is 0 Å². The van der Waals surface area contributed by atoms with Crippen LogP contribution in [0.15, 0.2) is 24.3 Å². The number of benzene rings is 1. The fourth-order valence-corrected chi connectivity index (χ4v) is 3.13. The summed E-state index contributed by atoms with van der Waals surface area (Å²) in [7, 11) is 0. The van der Waals surface area contributed by atoms with Crippen LogP contribution in [0.2, 0.25) is 0 Å². The van der Waals surface area contributed by atoms with Gasteiger partial charge in [-0.05, 0) is 42.9 Å². The lowest BCUT2D eigenvalue weighted by atomic mass is 9.84. The van der Waals surface area contributed by atoms with Crippen molar-refractivity contribution in [2.24, 2.45) is 11.3 Å². The maximum absolute atomic E-state index is 11.5. The van der Waals surface area contributed by atoms with E-state index in [2.05, 4.69) is 36.3 Å². The summed E-state index contributed by atoms with van der Waals surface area (Å²) in [4.78, 5) is 14.1. The summed E-state index contributed by atoms with van der Waals surface area (Å²) < 4.78 is 0. The molecule has 0 aromatic heterocycles. The van der Waals surface area contributed by atoms with Gasteiger partial charge in [-0.15, -0.1) is 0 Å². The highest BCUT2D eigenvalue weighted by Crippen LogP contribution is 2.29. The Balaban J connectivity index is 1.98. The number of hydrogen-bond acceptors (Lipinski definition) is 3. The van der Waals surface area contributed by atoms with Gasteiger partial charge in [-0.3, -0.25) is 15.1 Å². The first kappa shape index (κ1) is 16.0. The van der Waals surface area contributed by atoms with Gasteiger partial charge in [0.2, 0.25) is 5.91 Å². The highest BCUT2D eigenvalue weighted by Gasteiger charge is 2.26. The summed E-state index contributed by atoms with van der Waals surface area (Å²) in [6, 6.07) is 8.31. The molecule has 116 valence electrons. The molecular weight excluding hydrogens is 262 g/mol. The van der Waals surface area contributed by atoms with Gasteiger partial charge in [0.1, 0.15) is 0 Å². The number of nitrogens with two attached hydrogens (primary N) is 1. The molecule has 1 fully saturated rings. The van der Waals surface area contributed by atoms with Gasteiger partial charge in [0, 0.05) is 13.1 Å². The smallest absolute Gasteiger partial charge is 0.241 e. The number of nitrogens with zero attached hydrogens (tertiary/aromatic N) is 1. The van der Waals surface area contributed by atoms with Crippen LogP contribution in [0.5, 0.6) is 0 Å². The van der Waals surface area contributed by atoms with Crippen molar-refractivity contribution in [3.8, 4) is 0 Å². The highest BCUT2D eigenvalue weighted by molar-refractivity contribution is 5.82. The van der Waals surface area contributed by atoms with Crippen LogP contribution >= 0.6 is 0 Å². The van der Waals surface area contributed by atoms with Crippen molar-refractivity contribution in [2.45, 2.75) is 46.1 Å². The summed E-state index contributed by atoms with van der Waals surface area (Å²) in [5.41, 5.74) is 4.93. The molecule has 0 saturated carbocycles. The van der Waals surface area contributed by atoms with Gasteiger partial charge in [-0.25, -0.2) is 5.84 Å². The number of likely N-dealkylation sites (tertiary alicyclic amines) is 1. The van der Waals surface area contributed by atoms with Crippen LogP contribution < -0.4 is 11.3 Å². The van der Waals surface area contributed by atoms with Gasteiger partial charge in [-0.1, -0.05) is 38.1 Å². The molecule has 1 heterocycles. The second-order valence-electron chi connectivity index (χ2n) is 6.95. The van der Waals surface area contributed by atoms with Crippen molar-refractivity contribution in [1.82, 2.24) is 10.3 Å². The zero-order valence-corrected chi connectivity index (χ0v) is 13.4. The third kappa shape index (κ3) is 4.29. The third-order valence-corrected chi connectivity index (χ3v) is 4.40. The van der Waals surface area contributed by atoms with E-state index in [0.29, 0.717) is 5.41 Å². The van der Waals surface area contributed by atoms with E-state index in [-0.39, 0.29) is 11.8 Å². The van der Waals surface area contributed by atoms with Gasteiger partial charge in [-0.2, -0.15) is 0 Å². The molecular formula is C17H27N3O. The summed E-state index contributed by atoms with van der Waals surface area (Å²) >= 11 is 0. The Morgan fingerprint density at radius 2 is 2.05 bits per heavy atom. The van der Waals surface area contributed by atoms with E-state index in [0.717, 1.165) is 18.7 Å². The minimum atomic E-state index is -0.210. The number of amides is 1. The van der Waals surface area contributed by atoms with E-state index in [4.69, 9.17) is 5.84 Å². The van der Waals surface area contributed by atoms with Crippen molar-refractivity contribution in [3.05, 3.63) is 35.4 Å². The average Bonchev–Trinajstić information content (AvgIpc) is 2.45. The average molecular weight is 289 g/mol. The van der Waals surface area contributed by atoms with Crippen molar-refractivity contribution in [3.63, 3.8) is 0 Å². The van der Waals surface area contributed by atoms with Crippen LogP contribution in [0.4, 0.5) is 0 Å². The minimum Gasteiger partial charge on any atom is -0.299 e. The third-order valence-electron chi connectivity index (χ3n) is 4.40. The Kier molecular flexibility index (Phi) is 5.01. The highest BCUT2D eigenvalue weighted by atomic mass is 16.2. The number of carbonyl (C=O) groups excluding carboxylic acids is 1. The van der Waals surface area contributed by atoms with E-state index in [1.54, 1.807) is 0 Å². The second-order valence-corrected chi connectivity index (χ2v) is 6.95. The molecule has 1 amide bonds. The molecule has 0 bridgehead atoms. The van der Waals surface area contributed by atoms with Crippen molar-refractivity contribution < 1.29 is 4.79 Å². The number of rotatable bonds is 4. The first-order chi connectivity index (χ1) is 9.91. The molecule has 2 rings (SSSR count). The zero-order valence-electron chi connectivity index (χ0n) is 13.4. The Morgan fingerprint density at radius 3 is 2.62 bits per heavy atom. The van der Waals surface area contributed by atoms with E-state index in [1.807, 2.05) is 19.1 Å². The van der Waals surface area contributed by atoms with Crippen LogP contribution in [0.3, 0.4) is 0 Å². The molecule has 0 spiro atoms. The first-order valence-electron chi connectivity index (χ1n) is 7.73. The van der Waals surface area contributed by atoms with Crippen LogP contribution in [-0.4, -0.2) is 23.9 Å². The predicted molar refractivity (Wildman–Crippen MR) is 85.5 cm³/mol. The molecule has 1 aliphatic heterocycles. The lowest BCUT2D eigenvalue weighted by Crippen LogP contribution is -2.39. The maximum atomic E-state index is 11.5. The molecule has 1 atom stereocenters. The molecule has 4 heteroatoms. The fourth-order valence-electron chi connectivity index (χ4n) is 3.13. The molecule has 1 aromatic carbocycles. The Bertz CT molecular complexity index is 481. The molecule has 1 saturated heterocycles. The number of hydrogen-bond donors (Lipinski definition) is 2. The van der Waals surface area contributed by atoms with E-state index >= 15 is 0 Å². The fraction of sp³-hybridized carbons (Fsp3) is 0.588. The lowest BCUT2D eigenvalue weighted by molar-refractivity contribution is -0.122. The normalized spacial score (nSPS) is 20.0. The summed E-state index contributed by atoms with van der Waals surface area (Å²) in [5, 5.41) is 0. The molecule has 1 unspecified atom stereocenters. The van der Waals surface area contributed by atoms with Crippen LogP contribution in [0.1, 0.15) is 50.7 Å². The molecule has 1 aromatic rings. The van der Waals surface area contributed by atoms with Gasteiger partial charge in [0.05, 0.1) is 5.92 Å². The van der Waals surface area contributed by atoms with Crippen LogP contribution in [-0.2, 0) is 11.3 Å². The Labute approximate surface area is 127 Å². The maximum Gasteiger partial charge on any atom is 0.241 e. The van der Waals surface area contributed by atoms with Gasteiger partial charge >= 0.3 is 0 Å². The second kappa shape index (κ2) is 6.58. The van der Waals surface area contributed by atoms with Crippen molar-refractivity contribution in [1.29, 1.82) is 0 Å². The largest absolute Gasteiger partial charge is 0.299 e. The summed E-state index contributed by atoms with van der Waals surface area (Å²) in [5.74, 6) is 4.82. The van der Waals surface area contributed by atoms with E-state index in [9.17, 15) is 4.79 Å². The number of nitrogens with one attached hydrogen (secondary N) is 1. The number of carbonyl (C=O) groups is 1. The lowest BCUT2D eigenvalue weighted by Gasteiger charge is -2.38. The zero-order chi connectivity index (χ0) is 15.5. The van der Waals surface area contributed by atoms with Crippen LogP contribution in [0, 0.1) is 5.41 Å². The minimum absolute atomic E-state index is 0.152. The standard InChI is InChI=1S/C17H27N3O/c1-13(16(21)19-18)15-7-5-14(6-8-15)11-20-10-4-9-17(2,3)12-20/h5-8,13H,4,9-12,18H2,1-3H3,(H,19,21). The Hall–Kier alpha value is -1.39. The van der Waals surface area contributed by atoms with Crippen LogP contribution in [0.25, 0.3) is 0 Å². The summed E-state index contributed by atoms with van der Waals surface area (Å²) in [6.45, 7) is 9.87. The molecule has 0 aliphatic carbocycles. The topological polar surface area (TPSA) is 58.4 Å². The van der Waals surface area contributed by atoms with E-state index in [1.165, 1.54) is 24.9 Å².